The predicted octanol–water partition coefficient (Wildman–Crippen LogP) is 13.1. The quantitative estimate of drug-likeness (QED) is 0.0157. The number of esters is 2. The van der Waals surface area contributed by atoms with Gasteiger partial charge < -0.3 is 28.4 Å². The summed E-state index contributed by atoms with van der Waals surface area (Å²) in [5, 5.41) is 10.1. The number of aryl methyl sites for hydroxylation is 3. The van der Waals surface area contributed by atoms with E-state index in [1.54, 1.807) is 51.1 Å². The fourth-order valence-corrected chi connectivity index (χ4v) is 7.20. The number of halogens is 1. The first-order valence-electron chi connectivity index (χ1n) is 25.3. The van der Waals surface area contributed by atoms with Crippen molar-refractivity contribution in [3.63, 3.8) is 0 Å². The molecular formula is C58H93FKO10P. The molecule has 0 fully saturated rings. The summed E-state index contributed by atoms with van der Waals surface area (Å²) < 4.78 is 53.5. The van der Waals surface area contributed by atoms with Crippen LogP contribution in [0.2, 0.25) is 0 Å². The number of carbonyl (C=O) groups excluding carboxylic acids is 3. The molecule has 4 aromatic rings. The fourth-order valence-electron chi connectivity index (χ4n) is 6.14. The van der Waals surface area contributed by atoms with Crippen LogP contribution in [0.3, 0.4) is 0 Å². The first-order chi connectivity index (χ1) is 33.8. The molecule has 71 heavy (non-hydrogen) atoms. The third kappa shape index (κ3) is 34.7. The summed E-state index contributed by atoms with van der Waals surface area (Å²) in [6.07, 6.45) is 18.7. The Balaban J connectivity index is -0.000000222. The molecule has 0 aliphatic carbocycles. The molecule has 10 nitrogen and oxygen atoms in total. The van der Waals surface area contributed by atoms with Gasteiger partial charge in [-0.25, -0.2) is 9.59 Å². The van der Waals surface area contributed by atoms with E-state index in [-0.39, 0.29) is 75.2 Å². The summed E-state index contributed by atoms with van der Waals surface area (Å²) in [7, 11) is -1.38. The molecule has 4 aromatic carbocycles. The molecular weight excluding hydrogens is 946 g/mol. The second-order valence-electron chi connectivity index (χ2n) is 17.7. The average molecular weight is 1040 g/mol. The maximum absolute atomic E-state index is 12.0. The van der Waals surface area contributed by atoms with Crippen molar-refractivity contribution in [2.24, 2.45) is 0 Å². The number of hydrogen-bond donors (Lipinski definition) is 0. The van der Waals surface area contributed by atoms with Crippen LogP contribution in [0.5, 0.6) is 5.75 Å². The van der Waals surface area contributed by atoms with Gasteiger partial charge in [0.2, 0.25) is 0 Å². The monoisotopic (exact) mass is 1040 g/mol. The molecule has 0 unspecified atom stereocenters. The SMILES string of the molecule is CC(C)(C)[O-].CCCCCCOC(=O)c1ccc(/C=C/c2ccc(C)c(C)c2)cc1.CCCCCCOC(=O)c1ccc(CP(=O)(OC)OC)cc1.CCCCCCOc1ccc(C=O)cc1C.[2H]CF.[HH].[HH].[HH].[HH].[K+]. The van der Waals surface area contributed by atoms with Crippen molar-refractivity contribution < 1.29 is 110 Å². The molecule has 398 valence electrons. The molecule has 0 saturated heterocycles. The summed E-state index contributed by atoms with van der Waals surface area (Å²) >= 11 is 0. The van der Waals surface area contributed by atoms with Crippen LogP contribution >= 0.6 is 7.60 Å². The largest absolute Gasteiger partial charge is 1.00 e. The Morgan fingerprint density at radius 1 is 0.634 bits per heavy atom. The Bertz CT molecular complexity index is 2130. The normalized spacial score (nSPS) is 10.8. The van der Waals surface area contributed by atoms with Crippen molar-refractivity contribution in [3.05, 3.63) is 135 Å². The summed E-state index contributed by atoms with van der Waals surface area (Å²) in [5.74, 6) is 0.327. The van der Waals surface area contributed by atoms with E-state index in [1.807, 2.05) is 43.3 Å². The summed E-state index contributed by atoms with van der Waals surface area (Å²) in [5.41, 5.74) is 7.70. The van der Waals surface area contributed by atoms with Crippen LogP contribution < -0.4 is 61.2 Å². The zero-order valence-electron chi connectivity index (χ0n) is 46.2. The van der Waals surface area contributed by atoms with Gasteiger partial charge in [-0.3, -0.25) is 13.8 Å². The Morgan fingerprint density at radius 2 is 1.04 bits per heavy atom. The molecule has 0 radical (unpaired) electrons. The van der Waals surface area contributed by atoms with Gasteiger partial charge in [-0.15, -0.1) is 5.60 Å². The maximum atomic E-state index is 12.0. The fraction of sp³-hybridized carbons (Fsp3) is 0.500. The minimum atomic E-state index is -3.09. The van der Waals surface area contributed by atoms with E-state index in [2.05, 4.69) is 65.0 Å². The molecule has 13 heteroatoms. The second kappa shape index (κ2) is 42.1. The van der Waals surface area contributed by atoms with E-state index in [4.69, 9.17) is 24.6 Å². The summed E-state index contributed by atoms with van der Waals surface area (Å²) in [6, 6.07) is 26.3. The van der Waals surface area contributed by atoms with Crippen molar-refractivity contribution in [2.45, 2.75) is 151 Å². The van der Waals surface area contributed by atoms with Gasteiger partial charge in [0.15, 0.2) is 0 Å². The number of alkyl halides is 1. The van der Waals surface area contributed by atoms with Gasteiger partial charge in [-0.05, 0) is 116 Å². The number of benzene rings is 4. The standard InChI is InChI=1S/C23H28O2.C16H25O5P.C14H20O2.C4H9O.CH3F.K.4H2/c1-4-5-6-7-16-25-23(24)22-14-12-20(13-15-22)10-11-21-9-8-18(2)19(3)17-21;1-4-5-6-7-12-21-16(17)15-10-8-14(9-11-15)13-22(18,19-2)20-3;1-3-4-5-6-9-16-14-8-7-13(11-15)10-12(14)2;1-4(2,3)5;1-2;;;;;/h8-15,17H,4-7,16H2,1-3H3;8-11H,4-7,12-13H2,1-3H3;7-8,10-11H,3-6,9H2,1-2H3;1-3H3;1H3;;4*1H/q;;;-1;;+1;;;;/b11-10+;;;;;;;;;/i;;;;1D;;;;;. The van der Waals surface area contributed by atoms with E-state index in [1.165, 1.54) is 63.0 Å². The van der Waals surface area contributed by atoms with Crippen molar-refractivity contribution >= 4 is 38.0 Å². The van der Waals surface area contributed by atoms with Crippen molar-refractivity contribution in [2.75, 3.05) is 41.2 Å². The van der Waals surface area contributed by atoms with Gasteiger partial charge in [0.1, 0.15) is 12.0 Å². The molecule has 0 aliphatic heterocycles. The van der Waals surface area contributed by atoms with Crippen LogP contribution in [-0.4, -0.2) is 65.0 Å². The molecule has 0 heterocycles. The van der Waals surface area contributed by atoms with Crippen molar-refractivity contribution in [3.8, 4) is 5.75 Å². The molecule has 0 N–H and O–H groups in total. The maximum Gasteiger partial charge on any atom is 1.00 e. The third-order valence-corrected chi connectivity index (χ3v) is 12.2. The van der Waals surface area contributed by atoms with E-state index >= 15 is 0 Å². The third-order valence-electron chi connectivity index (χ3n) is 10.3. The van der Waals surface area contributed by atoms with Gasteiger partial charge in [-0.1, -0.05) is 154 Å². The van der Waals surface area contributed by atoms with Gasteiger partial charge in [0, 0.05) is 25.5 Å². The number of carbonyl (C=O) groups is 3. The van der Waals surface area contributed by atoms with Crippen molar-refractivity contribution in [1.82, 2.24) is 0 Å². The van der Waals surface area contributed by atoms with Crippen LogP contribution in [0, 0.1) is 20.8 Å². The van der Waals surface area contributed by atoms with E-state index in [0.717, 1.165) is 80.3 Å². The van der Waals surface area contributed by atoms with E-state index < -0.39 is 20.4 Å². The second-order valence-corrected chi connectivity index (χ2v) is 20.0. The minimum absolute atomic E-state index is 0. The molecule has 0 aliphatic rings. The minimum Gasteiger partial charge on any atom is -0.850 e. The van der Waals surface area contributed by atoms with Crippen LogP contribution in [0.15, 0.2) is 84.9 Å². The number of rotatable bonds is 25. The van der Waals surface area contributed by atoms with Crippen LogP contribution in [-0.2, 0) is 29.2 Å². The Kier molecular flexibility index (Phi) is 40.1. The molecule has 0 aromatic heterocycles. The topological polar surface area (TPSA) is 137 Å². The molecule has 0 saturated carbocycles. The molecule has 0 bridgehead atoms. The predicted molar refractivity (Wildman–Crippen MR) is 293 cm³/mol. The van der Waals surface area contributed by atoms with E-state index in [0.29, 0.717) is 29.9 Å². The Hall–Kier alpha value is -3.29. The Labute approximate surface area is 477 Å². The molecule has 4 rings (SSSR count). The van der Waals surface area contributed by atoms with Gasteiger partial charge in [0.25, 0.3) is 0 Å². The van der Waals surface area contributed by atoms with Gasteiger partial charge in [0.05, 0.1) is 45.6 Å². The van der Waals surface area contributed by atoms with E-state index in [9.17, 15) is 28.4 Å². The van der Waals surface area contributed by atoms with Gasteiger partial charge in [-0.2, -0.15) is 0 Å². The van der Waals surface area contributed by atoms with Gasteiger partial charge >= 0.3 is 70.9 Å². The van der Waals surface area contributed by atoms with Crippen LogP contribution in [0.1, 0.15) is 190 Å². The molecule has 0 amide bonds. The molecule has 0 atom stereocenters. The zero-order valence-corrected chi connectivity index (χ0v) is 49.3. The molecule has 0 spiro atoms. The summed E-state index contributed by atoms with van der Waals surface area (Å²) in [6.45, 7) is 19.3. The number of hydrogen-bond acceptors (Lipinski definition) is 10. The smallest absolute Gasteiger partial charge is 0.850 e. The first kappa shape index (κ1) is 67.7. The number of aldehydes is 1. The van der Waals surface area contributed by atoms with Crippen LogP contribution in [0.25, 0.3) is 12.2 Å². The Morgan fingerprint density at radius 3 is 1.46 bits per heavy atom. The van der Waals surface area contributed by atoms with Crippen LogP contribution in [0.4, 0.5) is 4.39 Å². The summed E-state index contributed by atoms with van der Waals surface area (Å²) in [4.78, 5) is 34.4. The average Bonchev–Trinajstić information content (AvgIpc) is 3.35. The first-order valence-corrected chi connectivity index (χ1v) is 26.3. The zero-order chi connectivity index (χ0) is 53.5. The number of ether oxygens (including phenoxy) is 3. The number of unbranched alkanes of at least 4 members (excludes halogenated alkanes) is 9. The van der Waals surface area contributed by atoms with Crippen molar-refractivity contribution in [1.29, 1.82) is 0 Å².